The predicted octanol–water partition coefficient (Wildman–Crippen LogP) is 3.06. The van der Waals surface area contributed by atoms with Crippen molar-refractivity contribution < 1.29 is 9.47 Å². The first-order valence-electron chi connectivity index (χ1n) is 10.7. The van der Waals surface area contributed by atoms with Crippen molar-refractivity contribution in [3.63, 3.8) is 0 Å². The Balaban J connectivity index is 0.00000300. The summed E-state index contributed by atoms with van der Waals surface area (Å²) >= 11 is 0. The van der Waals surface area contributed by atoms with Gasteiger partial charge in [-0.15, -0.1) is 24.0 Å². The zero-order chi connectivity index (χ0) is 19.7. The molecule has 0 atom stereocenters. The molecule has 1 aliphatic heterocycles. The van der Waals surface area contributed by atoms with Crippen LogP contribution in [0.3, 0.4) is 0 Å². The van der Waals surface area contributed by atoms with E-state index in [-0.39, 0.29) is 29.5 Å². The Morgan fingerprint density at radius 3 is 2.62 bits per heavy atom. The van der Waals surface area contributed by atoms with E-state index in [1.54, 1.807) is 7.11 Å². The second kappa shape index (κ2) is 12.6. The van der Waals surface area contributed by atoms with Crippen LogP contribution < -0.4 is 15.4 Å². The van der Waals surface area contributed by atoms with E-state index in [0.717, 1.165) is 57.5 Å². The fourth-order valence-corrected chi connectivity index (χ4v) is 4.47. The van der Waals surface area contributed by atoms with Crippen LogP contribution in [0.15, 0.2) is 29.3 Å². The number of methoxy groups -OCH3 is 1. The van der Waals surface area contributed by atoms with Gasteiger partial charge in [0.15, 0.2) is 5.96 Å². The van der Waals surface area contributed by atoms with Gasteiger partial charge in [-0.2, -0.15) is 0 Å². The number of rotatable bonds is 7. The van der Waals surface area contributed by atoms with Gasteiger partial charge in [0.1, 0.15) is 5.75 Å². The largest absolute Gasteiger partial charge is 0.497 e. The minimum absolute atomic E-state index is 0. The van der Waals surface area contributed by atoms with Gasteiger partial charge in [-0.25, -0.2) is 0 Å². The summed E-state index contributed by atoms with van der Waals surface area (Å²) in [4.78, 5) is 7.10. The molecule has 2 aliphatic rings. The van der Waals surface area contributed by atoms with Crippen molar-refractivity contribution >= 4 is 29.9 Å². The zero-order valence-electron chi connectivity index (χ0n) is 17.9. The van der Waals surface area contributed by atoms with Crippen molar-refractivity contribution in [1.29, 1.82) is 0 Å². The lowest BCUT2D eigenvalue weighted by molar-refractivity contribution is -0.0352. The van der Waals surface area contributed by atoms with E-state index in [1.165, 1.54) is 37.7 Å². The SMILES string of the molecule is CN=C(NCCc1cccc(OC)c1)NCC1(N2CCOCC2)CCCCC1.I. The highest BCUT2D eigenvalue weighted by Crippen LogP contribution is 2.33. The van der Waals surface area contributed by atoms with Crippen molar-refractivity contribution in [3.05, 3.63) is 29.8 Å². The summed E-state index contributed by atoms with van der Waals surface area (Å²) in [6.07, 6.45) is 7.47. The van der Waals surface area contributed by atoms with Crippen molar-refractivity contribution in [2.75, 3.05) is 53.6 Å². The van der Waals surface area contributed by atoms with E-state index in [1.807, 2.05) is 19.2 Å². The highest BCUT2D eigenvalue weighted by Gasteiger charge is 2.38. The summed E-state index contributed by atoms with van der Waals surface area (Å²) in [5.74, 6) is 1.80. The lowest BCUT2D eigenvalue weighted by Gasteiger charge is -2.48. The number of nitrogens with zero attached hydrogens (tertiary/aromatic N) is 2. The molecule has 29 heavy (non-hydrogen) atoms. The highest BCUT2D eigenvalue weighted by atomic mass is 127. The van der Waals surface area contributed by atoms with Gasteiger partial charge >= 0.3 is 0 Å². The van der Waals surface area contributed by atoms with Gasteiger partial charge in [0, 0.05) is 38.8 Å². The normalized spacial score (nSPS) is 19.9. The molecule has 3 rings (SSSR count). The van der Waals surface area contributed by atoms with Crippen LogP contribution >= 0.6 is 24.0 Å². The van der Waals surface area contributed by atoms with Crippen LogP contribution in [-0.2, 0) is 11.2 Å². The summed E-state index contributed by atoms with van der Waals surface area (Å²) in [5, 5.41) is 7.09. The van der Waals surface area contributed by atoms with Gasteiger partial charge in [-0.3, -0.25) is 9.89 Å². The second-order valence-electron chi connectivity index (χ2n) is 7.84. The molecule has 2 N–H and O–H groups in total. The number of hydrogen-bond acceptors (Lipinski definition) is 4. The summed E-state index contributed by atoms with van der Waals surface area (Å²) in [6.45, 7) is 5.60. The van der Waals surface area contributed by atoms with Crippen molar-refractivity contribution in [1.82, 2.24) is 15.5 Å². The minimum Gasteiger partial charge on any atom is -0.497 e. The highest BCUT2D eigenvalue weighted by molar-refractivity contribution is 14.0. The molecule has 0 amide bonds. The Morgan fingerprint density at radius 2 is 1.93 bits per heavy atom. The molecular formula is C22H37IN4O2. The first-order valence-corrected chi connectivity index (χ1v) is 10.7. The van der Waals surface area contributed by atoms with Gasteiger partial charge in [0.05, 0.1) is 20.3 Å². The maximum absolute atomic E-state index is 5.59. The maximum Gasteiger partial charge on any atom is 0.191 e. The molecule has 1 aromatic rings. The van der Waals surface area contributed by atoms with Crippen LogP contribution in [0.4, 0.5) is 0 Å². The van der Waals surface area contributed by atoms with E-state index in [2.05, 4.69) is 32.7 Å². The Bertz CT molecular complexity index is 629. The Hall–Kier alpha value is -1.06. The molecule has 164 valence electrons. The lowest BCUT2D eigenvalue weighted by Crippen LogP contribution is -2.60. The monoisotopic (exact) mass is 516 g/mol. The molecule has 1 heterocycles. The Labute approximate surface area is 192 Å². The summed E-state index contributed by atoms with van der Waals surface area (Å²) in [5.41, 5.74) is 1.51. The van der Waals surface area contributed by atoms with Gasteiger partial charge in [-0.1, -0.05) is 31.4 Å². The van der Waals surface area contributed by atoms with E-state index in [4.69, 9.17) is 9.47 Å². The molecule has 0 aromatic heterocycles. The molecule has 6 nitrogen and oxygen atoms in total. The third-order valence-electron chi connectivity index (χ3n) is 6.11. The third kappa shape index (κ3) is 7.00. The number of morpholine rings is 1. The van der Waals surface area contributed by atoms with Crippen LogP contribution in [0.2, 0.25) is 0 Å². The number of ether oxygens (including phenoxy) is 2. The van der Waals surface area contributed by atoms with Gasteiger partial charge < -0.3 is 20.1 Å². The quantitative estimate of drug-likeness (QED) is 0.332. The van der Waals surface area contributed by atoms with Crippen molar-refractivity contribution in [2.24, 2.45) is 4.99 Å². The van der Waals surface area contributed by atoms with E-state index < -0.39 is 0 Å². The lowest BCUT2D eigenvalue weighted by atomic mass is 9.80. The third-order valence-corrected chi connectivity index (χ3v) is 6.11. The fraction of sp³-hybridized carbons (Fsp3) is 0.682. The van der Waals surface area contributed by atoms with E-state index in [0.29, 0.717) is 0 Å². The van der Waals surface area contributed by atoms with E-state index in [9.17, 15) is 0 Å². The second-order valence-corrected chi connectivity index (χ2v) is 7.84. The molecule has 1 saturated carbocycles. The average molecular weight is 516 g/mol. The van der Waals surface area contributed by atoms with Crippen LogP contribution in [0.5, 0.6) is 5.75 Å². The topological polar surface area (TPSA) is 58.1 Å². The number of nitrogens with one attached hydrogen (secondary N) is 2. The van der Waals surface area contributed by atoms with Crippen LogP contribution in [0.1, 0.15) is 37.7 Å². The molecule has 0 radical (unpaired) electrons. The molecule has 0 unspecified atom stereocenters. The molecule has 1 aliphatic carbocycles. The molecule has 7 heteroatoms. The van der Waals surface area contributed by atoms with Crippen molar-refractivity contribution in [3.8, 4) is 5.75 Å². The smallest absolute Gasteiger partial charge is 0.191 e. The average Bonchev–Trinajstić information content (AvgIpc) is 2.77. The summed E-state index contributed by atoms with van der Waals surface area (Å²) in [6, 6.07) is 8.24. The maximum atomic E-state index is 5.59. The summed E-state index contributed by atoms with van der Waals surface area (Å²) < 4.78 is 10.9. The molecule has 0 bridgehead atoms. The number of halogens is 1. The minimum atomic E-state index is 0. The number of benzene rings is 1. The first kappa shape index (κ1) is 24.2. The zero-order valence-corrected chi connectivity index (χ0v) is 20.2. The Kier molecular flexibility index (Phi) is 10.5. The van der Waals surface area contributed by atoms with Gasteiger partial charge in [-0.05, 0) is 37.0 Å². The summed E-state index contributed by atoms with van der Waals surface area (Å²) in [7, 11) is 3.56. The fourth-order valence-electron chi connectivity index (χ4n) is 4.47. The number of guanidine groups is 1. The standard InChI is InChI=1S/C22H36N4O2.HI/c1-23-21(24-12-9-19-7-6-8-20(17-19)27-2)25-18-22(10-4-3-5-11-22)26-13-15-28-16-14-26;/h6-8,17H,3-5,9-16,18H2,1-2H3,(H2,23,24,25);1H. The van der Waals surface area contributed by atoms with Crippen LogP contribution in [0.25, 0.3) is 0 Å². The molecule has 0 spiro atoms. The molecular weight excluding hydrogens is 479 g/mol. The Morgan fingerprint density at radius 1 is 1.17 bits per heavy atom. The van der Waals surface area contributed by atoms with Gasteiger partial charge in [0.25, 0.3) is 0 Å². The molecule has 2 fully saturated rings. The van der Waals surface area contributed by atoms with E-state index >= 15 is 0 Å². The predicted molar refractivity (Wildman–Crippen MR) is 130 cm³/mol. The van der Waals surface area contributed by atoms with Crippen LogP contribution in [0, 0.1) is 0 Å². The number of hydrogen-bond donors (Lipinski definition) is 2. The van der Waals surface area contributed by atoms with Gasteiger partial charge in [0.2, 0.25) is 0 Å². The van der Waals surface area contributed by atoms with Crippen molar-refractivity contribution in [2.45, 2.75) is 44.1 Å². The molecule has 1 saturated heterocycles. The molecule has 1 aromatic carbocycles. The first-order chi connectivity index (χ1) is 13.8. The van der Waals surface area contributed by atoms with Crippen LogP contribution in [-0.4, -0.2) is 69.9 Å². The number of aliphatic imine (C=N–C) groups is 1.